The zero-order valence-electron chi connectivity index (χ0n) is 7.10. The molecule has 1 aromatic carbocycles. The summed E-state index contributed by atoms with van der Waals surface area (Å²) >= 11 is -0.00304. The molecule has 0 unspecified atom stereocenters. The molecule has 2 N–H and O–H groups in total. The molecule has 2 nitrogen and oxygen atoms in total. The van der Waals surface area contributed by atoms with Gasteiger partial charge in [-0.2, -0.15) is 0 Å². The predicted molar refractivity (Wildman–Crippen MR) is 62.2 cm³/mol. The van der Waals surface area contributed by atoms with Crippen molar-refractivity contribution in [2.24, 2.45) is 0 Å². The molecule has 0 aliphatic heterocycles. The summed E-state index contributed by atoms with van der Waals surface area (Å²) in [5.74, 6) is 0. The lowest BCUT2D eigenvalue weighted by Gasteiger charge is -2.02. The number of halogens is 1. The molecule has 0 amide bonds. The lowest BCUT2D eigenvalue weighted by atomic mass is 10.2. The van der Waals surface area contributed by atoms with E-state index in [4.69, 9.17) is 0 Å². The third-order valence-electron chi connectivity index (χ3n) is 1.54. The van der Waals surface area contributed by atoms with Crippen LogP contribution in [0.2, 0.25) is 0 Å². The Morgan fingerprint density at radius 2 is 2.00 bits per heavy atom. The maximum Gasteiger partial charge on any atom is 0.0350 e. The van der Waals surface area contributed by atoms with Gasteiger partial charge in [-0.1, -0.05) is 37.4 Å². The molecule has 0 heterocycles. The van der Waals surface area contributed by atoms with Gasteiger partial charge in [-0.05, 0) is 24.7 Å². The zero-order valence-corrected chi connectivity index (χ0v) is 9.26. The van der Waals surface area contributed by atoms with E-state index in [-0.39, 0.29) is 20.7 Å². The van der Waals surface area contributed by atoms with Crippen molar-refractivity contribution in [1.82, 2.24) is 10.9 Å². The maximum atomic E-state index is 3.93. The lowest BCUT2D eigenvalue weighted by Crippen LogP contribution is -2.26. The summed E-state index contributed by atoms with van der Waals surface area (Å²) < 4.78 is 5.32. The van der Waals surface area contributed by atoms with Gasteiger partial charge in [0, 0.05) is 10.1 Å². The lowest BCUT2D eigenvalue weighted by molar-refractivity contribution is 0.596. The molecule has 0 saturated carbocycles. The van der Waals surface area contributed by atoms with Gasteiger partial charge in [0.2, 0.25) is 0 Å². The van der Waals surface area contributed by atoms with E-state index in [2.05, 4.69) is 39.6 Å². The van der Waals surface area contributed by atoms with E-state index in [1.165, 1.54) is 9.13 Å². The second-order valence-electron chi connectivity index (χ2n) is 2.36. The van der Waals surface area contributed by atoms with Crippen LogP contribution in [0.1, 0.15) is 5.56 Å². The number of rotatable bonds is 4. The van der Waals surface area contributed by atoms with Gasteiger partial charge in [-0.25, -0.2) is 0 Å². The van der Waals surface area contributed by atoms with E-state index < -0.39 is 0 Å². The molecule has 0 aliphatic carbocycles. The highest BCUT2D eigenvalue weighted by Crippen LogP contribution is 2.09. The minimum atomic E-state index is -0.00304. The molecule has 0 saturated heterocycles. The van der Waals surface area contributed by atoms with E-state index in [1.54, 1.807) is 0 Å². The van der Waals surface area contributed by atoms with Crippen molar-refractivity contribution in [3.63, 3.8) is 0 Å². The van der Waals surface area contributed by atoms with Crippen molar-refractivity contribution >= 4 is 25.2 Å². The molecule has 12 heavy (non-hydrogen) atoms. The first-order valence-corrected chi connectivity index (χ1v) is 6.34. The van der Waals surface area contributed by atoms with Gasteiger partial charge in [0.15, 0.2) is 0 Å². The first-order valence-electron chi connectivity index (χ1n) is 3.73. The summed E-state index contributed by atoms with van der Waals surface area (Å²) in [7, 11) is 1.87. The van der Waals surface area contributed by atoms with Gasteiger partial charge in [0.1, 0.15) is 0 Å². The fraction of sp³-hybridized carbons (Fsp3) is 0.222. The molecule has 0 atom stereocenters. The molecule has 0 bridgehead atoms. The molecule has 0 fully saturated rings. The third-order valence-corrected chi connectivity index (χ3v) is 3.14. The molecule has 0 spiro atoms. The number of benzene rings is 1. The molecule has 0 aliphatic rings. The topological polar surface area (TPSA) is 24.1 Å². The van der Waals surface area contributed by atoms with Gasteiger partial charge in [0.05, 0.1) is 0 Å². The molecular weight excluding hydrogens is 263 g/mol. The summed E-state index contributed by atoms with van der Waals surface area (Å²) in [6.07, 6.45) is 0. The van der Waals surface area contributed by atoms with Gasteiger partial charge < -0.3 is 0 Å². The predicted octanol–water partition coefficient (Wildman–Crippen LogP) is 1.48. The average Bonchev–Trinajstić information content (AvgIpc) is 2.15. The first kappa shape index (κ1) is 9.83. The Balaban J connectivity index is 2.58. The van der Waals surface area contributed by atoms with E-state index in [0.29, 0.717) is 0 Å². The van der Waals surface area contributed by atoms with Crippen LogP contribution >= 0.6 is 20.7 Å². The summed E-state index contributed by atoms with van der Waals surface area (Å²) in [6, 6.07) is 8.61. The van der Waals surface area contributed by atoms with Crippen molar-refractivity contribution in [3.8, 4) is 0 Å². The maximum absolute atomic E-state index is 3.93. The number of nitrogens with one attached hydrogen (secondary N) is 2. The molecule has 0 aromatic heterocycles. The van der Waals surface area contributed by atoms with Crippen LogP contribution in [0.25, 0.3) is 0 Å². The monoisotopic (exact) mass is 276 g/mol. The number of hydrogen-bond donors (Lipinski definition) is 2. The molecule has 66 valence electrons. The number of hydrogen-bond acceptors (Lipinski definition) is 2. The molecular formula is C9H13IN2. The standard InChI is InChI=1S/C9H13IN2/c1-10-9-5-3-8(4-6-9)7-12-11-2/h3-6,11-12H,1,7H2,2H3. The highest BCUT2D eigenvalue weighted by molar-refractivity contribution is 14.2. The SMILES string of the molecule is C=Ic1ccc(CNNC)cc1. The van der Waals surface area contributed by atoms with Crippen LogP contribution in [0.4, 0.5) is 0 Å². The second kappa shape index (κ2) is 5.40. The fourth-order valence-electron chi connectivity index (χ4n) is 0.882. The van der Waals surface area contributed by atoms with Gasteiger partial charge in [0.25, 0.3) is 0 Å². The van der Waals surface area contributed by atoms with E-state index >= 15 is 0 Å². The molecule has 0 radical (unpaired) electrons. The smallest absolute Gasteiger partial charge is 0.0350 e. The Morgan fingerprint density at radius 1 is 1.33 bits per heavy atom. The Morgan fingerprint density at radius 3 is 2.50 bits per heavy atom. The first-order chi connectivity index (χ1) is 5.86. The fourth-order valence-corrected chi connectivity index (χ4v) is 1.75. The van der Waals surface area contributed by atoms with Crippen LogP contribution in [0, 0.1) is 3.57 Å². The van der Waals surface area contributed by atoms with Gasteiger partial charge in [-0.3, -0.25) is 10.9 Å². The van der Waals surface area contributed by atoms with Crippen molar-refractivity contribution in [3.05, 3.63) is 33.4 Å². The molecule has 3 heteroatoms. The van der Waals surface area contributed by atoms with Crippen molar-refractivity contribution < 1.29 is 0 Å². The molecule has 1 aromatic rings. The van der Waals surface area contributed by atoms with E-state index in [0.717, 1.165) is 6.54 Å². The van der Waals surface area contributed by atoms with E-state index in [9.17, 15) is 0 Å². The van der Waals surface area contributed by atoms with Crippen molar-refractivity contribution in [2.75, 3.05) is 7.05 Å². The summed E-state index contributed by atoms with van der Waals surface area (Å²) in [5.41, 5.74) is 7.23. The third kappa shape index (κ3) is 3.00. The summed E-state index contributed by atoms with van der Waals surface area (Å²) in [6.45, 7) is 0.867. The van der Waals surface area contributed by atoms with Crippen LogP contribution in [-0.2, 0) is 6.54 Å². The summed E-state index contributed by atoms with van der Waals surface area (Å²) in [4.78, 5) is 0. The van der Waals surface area contributed by atoms with Crippen molar-refractivity contribution in [2.45, 2.75) is 6.54 Å². The van der Waals surface area contributed by atoms with Crippen LogP contribution in [0.5, 0.6) is 0 Å². The second-order valence-corrected chi connectivity index (χ2v) is 4.37. The largest absolute Gasteiger partial charge is 0.261 e. The Hall–Kier alpha value is -0.260. The van der Waals surface area contributed by atoms with Crippen molar-refractivity contribution in [1.29, 1.82) is 0 Å². The Labute approximate surface area is 83.1 Å². The van der Waals surface area contributed by atoms with Crippen LogP contribution in [-0.4, -0.2) is 11.6 Å². The van der Waals surface area contributed by atoms with E-state index in [1.807, 2.05) is 7.05 Å². The molecule has 1 rings (SSSR count). The van der Waals surface area contributed by atoms with Crippen LogP contribution in [0.3, 0.4) is 0 Å². The van der Waals surface area contributed by atoms with Gasteiger partial charge >= 0.3 is 0 Å². The Bertz CT molecular complexity index is 243. The zero-order chi connectivity index (χ0) is 8.81. The minimum absolute atomic E-state index is 0.00304. The highest BCUT2D eigenvalue weighted by atomic mass is 127. The minimum Gasteiger partial charge on any atom is -0.261 e. The highest BCUT2D eigenvalue weighted by Gasteiger charge is 1.90. The normalized spacial score (nSPS) is 10.1. The number of hydrazine groups is 1. The average molecular weight is 276 g/mol. The van der Waals surface area contributed by atoms with Crippen LogP contribution < -0.4 is 10.9 Å². The quantitative estimate of drug-likeness (QED) is 0.643. The summed E-state index contributed by atoms with van der Waals surface area (Å²) in [5, 5.41) is 0. The van der Waals surface area contributed by atoms with Gasteiger partial charge in [-0.15, -0.1) is 0 Å². The van der Waals surface area contributed by atoms with Crippen LogP contribution in [0.15, 0.2) is 24.3 Å². The Kier molecular flexibility index (Phi) is 4.42.